The summed E-state index contributed by atoms with van der Waals surface area (Å²) in [6.45, 7) is 4.07. The van der Waals surface area contributed by atoms with Crippen molar-refractivity contribution in [2.24, 2.45) is 0 Å². The summed E-state index contributed by atoms with van der Waals surface area (Å²) in [7, 11) is 0. The van der Waals surface area contributed by atoms with Gasteiger partial charge >= 0.3 is 0 Å². The van der Waals surface area contributed by atoms with E-state index in [0.717, 1.165) is 27.9 Å². The van der Waals surface area contributed by atoms with Gasteiger partial charge in [0, 0.05) is 28.1 Å². The Bertz CT molecular complexity index is 740. The van der Waals surface area contributed by atoms with Crippen LogP contribution in [0.5, 0.6) is 0 Å². The minimum Gasteiger partial charge on any atom is -0.326 e. The van der Waals surface area contributed by atoms with Crippen LogP contribution < -0.4 is 5.32 Å². The molecule has 21 heavy (non-hydrogen) atoms. The summed E-state index contributed by atoms with van der Waals surface area (Å²) < 4.78 is 0. The molecule has 2 nitrogen and oxygen atoms in total. The number of fused-ring (bicyclic) bond motifs is 1. The summed E-state index contributed by atoms with van der Waals surface area (Å²) in [4.78, 5) is 12.1. The molecule has 1 N–H and O–H groups in total. The van der Waals surface area contributed by atoms with Crippen molar-refractivity contribution in [2.45, 2.75) is 26.2 Å². The maximum absolute atomic E-state index is 12.1. The lowest BCUT2D eigenvalue weighted by Gasteiger charge is -2.28. The van der Waals surface area contributed by atoms with Crippen molar-refractivity contribution in [3.05, 3.63) is 62.6 Å². The predicted molar refractivity (Wildman–Crippen MR) is 87.5 cm³/mol. The van der Waals surface area contributed by atoms with Gasteiger partial charge in [-0.1, -0.05) is 41.4 Å². The summed E-state index contributed by atoms with van der Waals surface area (Å²) in [5.74, 6) is -0.00923. The van der Waals surface area contributed by atoms with Crippen molar-refractivity contribution in [2.75, 3.05) is 5.32 Å². The van der Waals surface area contributed by atoms with E-state index in [1.54, 1.807) is 6.07 Å². The maximum Gasteiger partial charge on any atom is 0.225 e. The standard InChI is InChI=1S/C17H15Cl2NO/c1-9-3-5-13-14(8-16(21)20-17(13)10(9)2)12-6-4-11(18)7-15(12)19/h3-7,14H,8H2,1-2H3,(H,20,21)/t14-/m1/s1. The van der Waals surface area contributed by atoms with Crippen LogP contribution in [-0.2, 0) is 4.79 Å². The van der Waals surface area contributed by atoms with Gasteiger partial charge in [0.2, 0.25) is 5.91 Å². The minimum absolute atomic E-state index is 0.0206. The molecule has 0 saturated heterocycles. The van der Waals surface area contributed by atoms with Crippen LogP contribution in [0.15, 0.2) is 30.3 Å². The molecule has 1 aliphatic rings. The molecule has 0 unspecified atom stereocenters. The molecule has 108 valence electrons. The topological polar surface area (TPSA) is 29.1 Å². The normalized spacial score (nSPS) is 17.3. The van der Waals surface area contributed by atoms with Crippen LogP contribution >= 0.6 is 23.2 Å². The van der Waals surface area contributed by atoms with Crippen LogP contribution in [-0.4, -0.2) is 5.91 Å². The second-order valence-corrected chi connectivity index (χ2v) is 6.29. The smallest absolute Gasteiger partial charge is 0.225 e. The highest BCUT2D eigenvalue weighted by Gasteiger charge is 2.29. The minimum atomic E-state index is -0.0298. The number of anilines is 1. The van der Waals surface area contributed by atoms with Gasteiger partial charge in [0.1, 0.15) is 0 Å². The van der Waals surface area contributed by atoms with Crippen molar-refractivity contribution in [3.8, 4) is 0 Å². The van der Waals surface area contributed by atoms with E-state index in [9.17, 15) is 4.79 Å². The van der Waals surface area contributed by atoms with Crippen LogP contribution in [0, 0.1) is 13.8 Å². The highest BCUT2D eigenvalue weighted by molar-refractivity contribution is 6.35. The predicted octanol–water partition coefficient (Wildman–Crippen LogP) is 5.08. The zero-order valence-electron chi connectivity index (χ0n) is 11.8. The third-order valence-corrected chi connectivity index (χ3v) is 4.70. The lowest BCUT2D eigenvalue weighted by molar-refractivity contribution is -0.116. The van der Waals surface area contributed by atoms with E-state index in [1.807, 2.05) is 26.0 Å². The molecular weight excluding hydrogens is 305 g/mol. The Morgan fingerprint density at radius 2 is 1.81 bits per heavy atom. The first-order chi connectivity index (χ1) is 9.97. The number of aryl methyl sites for hydroxylation is 1. The van der Waals surface area contributed by atoms with Gasteiger partial charge in [-0.05, 0) is 48.2 Å². The average Bonchev–Trinajstić information content (AvgIpc) is 2.43. The molecule has 1 amide bonds. The van der Waals surface area contributed by atoms with E-state index in [4.69, 9.17) is 23.2 Å². The number of rotatable bonds is 1. The molecule has 0 spiro atoms. The second kappa shape index (κ2) is 5.36. The molecule has 4 heteroatoms. The molecule has 1 atom stereocenters. The van der Waals surface area contributed by atoms with Gasteiger partial charge in [-0.2, -0.15) is 0 Å². The lowest BCUT2D eigenvalue weighted by atomic mass is 9.83. The lowest BCUT2D eigenvalue weighted by Crippen LogP contribution is -2.24. The summed E-state index contributed by atoms with van der Waals surface area (Å²) in [6, 6.07) is 9.61. The Morgan fingerprint density at radius 1 is 1.10 bits per heavy atom. The van der Waals surface area contributed by atoms with Crippen molar-refractivity contribution in [3.63, 3.8) is 0 Å². The molecule has 0 saturated carbocycles. The Morgan fingerprint density at radius 3 is 2.52 bits per heavy atom. The van der Waals surface area contributed by atoms with Crippen LogP contribution in [0.3, 0.4) is 0 Å². The molecular formula is C17H15Cl2NO. The van der Waals surface area contributed by atoms with Gasteiger partial charge in [0.25, 0.3) is 0 Å². The molecule has 0 radical (unpaired) electrons. The van der Waals surface area contributed by atoms with E-state index < -0.39 is 0 Å². The van der Waals surface area contributed by atoms with E-state index in [-0.39, 0.29) is 11.8 Å². The van der Waals surface area contributed by atoms with Crippen LogP contribution in [0.2, 0.25) is 10.0 Å². The number of halogens is 2. The molecule has 0 bridgehead atoms. The van der Waals surface area contributed by atoms with E-state index >= 15 is 0 Å². The van der Waals surface area contributed by atoms with E-state index in [2.05, 4.69) is 17.4 Å². The summed E-state index contributed by atoms with van der Waals surface area (Å²) in [5, 5.41) is 4.20. The maximum atomic E-state index is 12.1. The monoisotopic (exact) mass is 319 g/mol. The first kappa shape index (κ1) is 14.4. The quantitative estimate of drug-likeness (QED) is 0.779. The number of nitrogens with one attached hydrogen (secondary N) is 1. The van der Waals surface area contributed by atoms with Gasteiger partial charge in [-0.25, -0.2) is 0 Å². The number of carbonyl (C=O) groups is 1. The van der Waals surface area contributed by atoms with E-state index in [0.29, 0.717) is 16.5 Å². The fourth-order valence-corrected chi connectivity index (χ4v) is 3.38. The molecule has 0 fully saturated rings. The van der Waals surface area contributed by atoms with Crippen LogP contribution in [0.1, 0.15) is 34.6 Å². The molecule has 1 heterocycles. The molecule has 1 aliphatic heterocycles. The summed E-state index contributed by atoms with van der Waals surface area (Å²) in [6.07, 6.45) is 0.400. The van der Waals surface area contributed by atoms with Crippen molar-refractivity contribution in [1.82, 2.24) is 0 Å². The summed E-state index contributed by atoms with van der Waals surface area (Å²) in [5.41, 5.74) is 5.25. The largest absolute Gasteiger partial charge is 0.326 e. The SMILES string of the molecule is Cc1ccc2c(c1C)NC(=O)C[C@@H]2c1ccc(Cl)cc1Cl. The van der Waals surface area contributed by atoms with Gasteiger partial charge in [0.15, 0.2) is 0 Å². The first-order valence-corrected chi connectivity index (χ1v) is 7.58. The fraction of sp³-hybridized carbons (Fsp3) is 0.235. The van der Waals surface area contributed by atoms with Crippen molar-refractivity contribution < 1.29 is 4.79 Å². The highest BCUT2D eigenvalue weighted by atomic mass is 35.5. The third kappa shape index (κ3) is 2.54. The number of benzene rings is 2. The fourth-order valence-electron chi connectivity index (χ4n) is 2.84. The number of carbonyl (C=O) groups excluding carboxylic acids is 1. The van der Waals surface area contributed by atoms with Crippen LogP contribution in [0.4, 0.5) is 5.69 Å². The van der Waals surface area contributed by atoms with Gasteiger partial charge < -0.3 is 5.32 Å². The Hall–Kier alpha value is -1.51. The molecule has 2 aromatic carbocycles. The van der Waals surface area contributed by atoms with Crippen molar-refractivity contribution in [1.29, 1.82) is 0 Å². The highest BCUT2D eigenvalue weighted by Crippen LogP contribution is 2.42. The van der Waals surface area contributed by atoms with Gasteiger partial charge in [0.05, 0.1) is 0 Å². The number of hydrogen-bond donors (Lipinski definition) is 1. The Labute approximate surface area is 134 Å². The van der Waals surface area contributed by atoms with E-state index in [1.165, 1.54) is 0 Å². The number of amides is 1. The Kier molecular flexibility index (Phi) is 3.68. The summed E-state index contributed by atoms with van der Waals surface area (Å²) >= 11 is 12.3. The first-order valence-electron chi connectivity index (χ1n) is 6.82. The average molecular weight is 320 g/mol. The third-order valence-electron chi connectivity index (χ3n) is 4.14. The zero-order valence-corrected chi connectivity index (χ0v) is 13.3. The second-order valence-electron chi connectivity index (χ2n) is 5.44. The number of hydrogen-bond acceptors (Lipinski definition) is 1. The van der Waals surface area contributed by atoms with Crippen LogP contribution in [0.25, 0.3) is 0 Å². The molecule has 2 aromatic rings. The van der Waals surface area contributed by atoms with Gasteiger partial charge in [-0.15, -0.1) is 0 Å². The van der Waals surface area contributed by atoms with Gasteiger partial charge in [-0.3, -0.25) is 4.79 Å². The Balaban J connectivity index is 2.18. The molecule has 0 aliphatic carbocycles. The van der Waals surface area contributed by atoms with Crippen molar-refractivity contribution >= 4 is 34.8 Å². The zero-order chi connectivity index (χ0) is 15.1. The molecule has 0 aromatic heterocycles. The molecule has 3 rings (SSSR count).